The number of hydrogen-bond donors (Lipinski definition) is 2. The Morgan fingerprint density at radius 2 is 2.35 bits per heavy atom. The van der Waals surface area contributed by atoms with Gasteiger partial charge in [-0.15, -0.1) is 0 Å². The summed E-state index contributed by atoms with van der Waals surface area (Å²) in [5, 5.41) is 0. The Balaban J connectivity index is 2.62. The van der Waals surface area contributed by atoms with Crippen LogP contribution < -0.4 is 27.3 Å². The summed E-state index contributed by atoms with van der Waals surface area (Å²) < 4.78 is 10.4. The Labute approximate surface area is 120 Å². The van der Waals surface area contributed by atoms with E-state index < -0.39 is 42.5 Å². The number of aliphatic imine (C=N–C) groups is 2. The minimum absolute atomic E-state index is 0.438. The molecule has 1 aromatic carbocycles. The Bertz CT molecular complexity index is 443. The van der Waals surface area contributed by atoms with Gasteiger partial charge in [0.2, 0.25) is 0 Å². The molecule has 0 saturated carbocycles. The van der Waals surface area contributed by atoms with Gasteiger partial charge in [0.1, 0.15) is 0 Å². The molecule has 0 aromatic heterocycles. The van der Waals surface area contributed by atoms with E-state index in [9.17, 15) is 0 Å². The van der Waals surface area contributed by atoms with Crippen LogP contribution in [0.25, 0.3) is 0 Å². The Morgan fingerprint density at radius 3 is 3.12 bits per heavy atom. The standard InChI is InChI=1S/C9H11I2N6/c12-16-10-6-14-5-8-2-1-3-9(4-8)15-7-11-17-13/h1-4,6-7,13H,5,12H2/q-1. The first-order valence-corrected chi connectivity index (χ1v) is 8.91. The van der Waals surface area contributed by atoms with Gasteiger partial charge >= 0.3 is 121 Å². The van der Waals surface area contributed by atoms with Crippen molar-refractivity contribution in [2.24, 2.45) is 22.4 Å². The molecule has 17 heavy (non-hydrogen) atoms. The molecule has 8 heteroatoms. The van der Waals surface area contributed by atoms with Crippen LogP contribution in [0.2, 0.25) is 0 Å². The van der Waals surface area contributed by atoms with Crippen LogP contribution in [0.1, 0.15) is 5.56 Å². The molecule has 0 amide bonds. The molecule has 0 spiro atoms. The fourth-order valence-corrected chi connectivity index (χ4v) is 2.12. The van der Waals surface area contributed by atoms with Crippen molar-refractivity contribution in [1.29, 1.82) is 5.53 Å². The molecule has 0 heterocycles. The Kier molecular flexibility index (Phi) is 8.00. The summed E-state index contributed by atoms with van der Waals surface area (Å²) >= 11 is -1.01. The number of hydrogen-bond acceptors (Lipinski definition) is 6. The molecule has 0 saturated heterocycles. The number of halogens is 2. The average molecular weight is 457 g/mol. The van der Waals surface area contributed by atoms with E-state index in [1.165, 1.54) is 0 Å². The maximum atomic E-state index is 6.69. The van der Waals surface area contributed by atoms with Gasteiger partial charge in [0.05, 0.1) is 0 Å². The molecule has 0 aliphatic rings. The number of nitrogens with one attached hydrogen (secondary N) is 1. The SMILES string of the molecule is N=N[I-]C=Nc1cccc(CN=CI=NN)c1. The van der Waals surface area contributed by atoms with Gasteiger partial charge in [0.25, 0.3) is 0 Å². The van der Waals surface area contributed by atoms with Crippen LogP contribution in [0.5, 0.6) is 0 Å². The van der Waals surface area contributed by atoms with Gasteiger partial charge in [-0.2, -0.15) is 0 Å². The molecule has 0 radical (unpaired) electrons. The van der Waals surface area contributed by atoms with Gasteiger partial charge in [-0.25, -0.2) is 0 Å². The third kappa shape index (κ3) is 6.63. The molecule has 0 bridgehead atoms. The van der Waals surface area contributed by atoms with Crippen LogP contribution in [0, 0.1) is 5.53 Å². The van der Waals surface area contributed by atoms with Crippen LogP contribution in [-0.2, 0) is 6.54 Å². The van der Waals surface area contributed by atoms with E-state index in [2.05, 4.69) is 16.6 Å². The number of benzene rings is 1. The quantitative estimate of drug-likeness (QED) is 0.202. The molecule has 0 aliphatic heterocycles. The van der Waals surface area contributed by atoms with Crippen LogP contribution in [0.15, 0.2) is 40.8 Å². The molecule has 0 unspecified atom stereocenters. The molecule has 3 N–H and O–H groups in total. The monoisotopic (exact) mass is 457 g/mol. The summed E-state index contributed by atoms with van der Waals surface area (Å²) in [4.78, 5) is 8.45. The van der Waals surface area contributed by atoms with Crippen LogP contribution >= 0.6 is 21.0 Å². The first-order chi connectivity index (χ1) is 8.36. The number of rotatable bonds is 6. The van der Waals surface area contributed by atoms with Crippen molar-refractivity contribution in [3.05, 3.63) is 29.8 Å². The van der Waals surface area contributed by atoms with Crippen molar-refractivity contribution in [2.75, 3.05) is 0 Å². The second kappa shape index (κ2) is 9.41. The van der Waals surface area contributed by atoms with Crippen LogP contribution in [0.3, 0.4) is 0 Å². The summed E-state index contributed by atoms with van der Waals surface area (Å²) in [7, 11) is 0. The van der Waals surface area contributed by atoms with E-state index in [4.69, 9.17) is 11.4 Å². The molecule has 0 aliphatic carbocycles. The van der Waals surface area contributed by atoms with E-state index in [0.29, 0.717) is 6.54 Å². The third-order valence-electron chi connectivity index (χ3n) is 1.64. The zero-order valence-electron chi connectivity index (χ0n) is 8.79. The summed E-state index contributed by atoms with van der Waals surface area (Å²) in [6.07, 6.45) is 0. The fourth-order valence-electron chi connectivity index (χ4n) is 1.03. The third-order valence-corrected chi connectivity index (χ3v) is 3.41. The van der Waals surface area contributed by atoms with Gasteiger partial charge in [-0.05, 0) is 0 Å². The molecule has 92 valence electrons. The molecule has 0 atom stereocenters. The summed E-state index contributed by atoms with van der Waals surface area (Å²) in [5.74, 6) is 5.04. The molecular formula is C9H11I2N6-. The predicted octanol–water partition coefficient (Wildman–Crippen LogP) is -0.0623. The average Bonchev–Trinajstić information content (AvgIpc) is 2.36. The van der Waals surface area contributed by atoms with Gasteiger partial charge in [0, 0.05) is 0 Å². The van der Waals surface area contributed by atoms with Crippen LogP contribution in [0.4, 0.5) is 5.69 Å². The molecule has 6 nitrogen and oxygen atoms in total. The Morgan fingerprint density at radius 1 is 1.47 bits per heavy atom. The normalized spacial score (nSPS) is 12.5. The van der Waals surface area contributed by atoms with Gasteiger partial charge < -0.3 is 0 Å². The van der Waals surface area contributed by atoms with Crippen molar-refractivity contribution >= 4 is 35.2 Å². The van der Waals surface area contributed by atoms with Crippen LogP contribution in [-0.4, -0.2) is 8.44 Å². The predicted molar refractivity (Wildman–Crippen MR) is 72.6 cm³/mol. The first-order valence-electron chi connectivity index (χ1n) is 4.49. The summed E-state index contributed by atoms with van der Waals surface area (Å²) in [5.41, 5.74) is 8.66. The molecular weight excluding hydrogens is 446 g/mol. The van der Waals surface area contributed by atoms with Crippen molar-refractivity contribution in [1.82, 2.24) is 0 Å². The minimum atomic E-state index is -0.576. The molecule has 0 fully saturated rings. The van der Waals surface area contributed by atoms with Crippen molar-refractivity contribution < 1.29 is 21.5 Å². The maximum absolute atomic E-state index is 6.69. The molecule has 1 rings (SSSR count). The van der Waals surface area contributed by atoms with Gasteiger partial charge in [0.15, 0.2) is 0 Å². The number of nitrogens with zero attached hydrogens (tertiary/aromatic N) is 4. The van der Waals surface area contributed by atoms with Crippen molar-refractivity contribution in [3.63, 3.8) is 0 Å². The molecule has 1 aromatic rings. The summed E-state index contributed by atoms with van der Waals surface area (Å²) in [6.45, 7) is 0.621. The van der Waals surface area contributed by atoms with E-state index in [1.54, 1.807) is 8.44 Å². The zero-order chi connectivity index (χ0) is 12.3. The fraction of sp³-hybridized carbons (Fsp3) is 0.111. The van der Waals surface area contributed by atoms with E-state index in [0.717, 1.165) is 11.3 Å². The van der Waals surface area contributed by atoms with E-state index in [1.807, 2.05) is 24.3 Å². The van der Waals surface area contributed by atoms with Crippen molar-refractivity contribution in [3.8, 4) is 0 Å². The van der Waals surface area contributed by atoms with Gasteiger partial charge in [-0.3, -0.25) is 0 Å². The topological polar surface area (TPSA) is 99.3 Å². The van der Waals surface area contributed by atoms with Gasteiger partial charge in [-0.1, -0.05) is 0 Å². The first kappa shape index (κ1) is 14.4. The second-order valence-corrected chi connectivity index (χ2v) is 5.98. The Hall–Kier alpha value is -0.620. The second-order valence-electron chi connectivity index (χ2n) is 2.71. The van der Waals surface area contributed by atoms with Crippen molar-refractivity contribution in [2.45, 2.75) is 6.54 Å². The zero-order valence-corrected chi connectivity index (χ0v) is 13.1. The summed E-state index contributed by atoms with van der Waals surface area (Å²) in [6, 6.07) is 7.83. The number of nitrogens with two attached hydrogens (primary N) is 1. The van der Waals surface area contributed by atoms with E-state index >= 15 is 0 Å². The van der Waals surface area contributed by atoms with E-state index in [-0.39, 0.29) is 0 Å².